The van der Waals surface area contributed by atoms with E-state index < -0.39 is 0 Å². The van der Waals surface area contributed by atoms with Gasteiger partial charge in [0.05, 0.1) is 11.4 Å². The molecule has 0 amide bonds. The van der Waals surface area contributed by atoms with E-state index in [0.29, 0.717) is 5.69 Å². The van der Waals surface area contributed by atoms with Crippen LogP contribution in [0, 0.1) is 13.8 Å². The average Bonchev–Trinajstić information content (AvgIpc) is 2.88. The monoisotopic (exact) mass is 256 g/mol. The first-order chi connectivity index (χ1) is 8.70. The van der Waals surface area contributed by atoms with E-state index in [0.717, 1.165) is 28.2 Å². The third-order valence-electron chi connectivity index (χ3n) is 3.04. The highest BCUT2D eigenvalue weighted by Gasteiger charge is 2.14. The lowest BCUT2D eigenvalue weighted by atomic mass is 10.1. The third kappa shape index (κ3) is 1.57. The highest BCUT2D eigenvalue weighted by atomic mass is 32.1. The molecule has 4 heteroatoms. The second-order valence-electron chi connectivity index (χ2n) is 4.31. The number of imidazole rings is 1. The smallest absolute Gasteiger partial charge is 0.194 e. The van der Waals surface area contributed by atoms with Crippen LogP contribution < -0.4 is 0 Å². The highest BCUT2D eigenvalue weighted by Crippen LogP contribution is 2.28. The first-order valence-corrected chi connectivity index (χ1v) is 6.57. The Morgan fingerprint density at radius 2 is 1.94 bits per heavy atom. The number of rotatable bonds is 2. The molecule has 0 spiro atoms. The van der Waals surface area contributed by atoms with Gasteiger partial charge in [-0.05, 0) is 19.4 Å². The molecular formula is C14H12N2OS. The lowest BCUT2D eigenvalue weighted by molar-refractivity contribution is 0.111. The van der Waals surface area contributed by atoms with E-state index >= 15 is 0 Å². The van der Waals surface area contributed by atoms with E-state index in [1.807, 2.05) is 16.7 Å². The third-order valence-corrected chi connectivity index (χ3v) is 3.87. The van der Waals surface area contributed by atoms with E-state index in [2.05, 4.69) is 36.2 Å². The molecule has 0 aliphatic heterocycles. The molecule has 0 saturated heterocycles. The number of fused-ring (bicyclic) bond motifs is 1. The molecule has 2 heterocycles. The van der Waals surface area contributed by atoms with Gasteiger partial charge in [0.2, 0.25) is 0 Å². The summed E-state index contributed by atoms with van der Waals surface area (Å²) in [5.41, 5.74) is 4.78. The van der Waals surface area contributed by atoms with Crippen LogP contribution in [0.25, 0.3) is 16.2 Å². The Hall–Kier alpha value is -1.94. The number of nitrogens with zero attached hydrogens (tertiary/aromatic N) is 2. The van der Waals surface area contributed by atoms with E-state index in [1.165, 1.54) is 5.56 Å². The summed E-state index contributed by atoms with van der Waals surface area (Å²) in [7, 11) is 0. The maximum Gasteiger partial charge on any atom is 0.194 e. The molecule has 18 heavy (non-hydrogen) atoms. The molecule has 0 unspecified atom stereocenters. The lowest BCUT2D eigenvalue weighted by Gasteiger charge is -2.02. The van der Waals surface area contributed by atoms with Crippen molar-refractivity contribution in [1.29, 1.82) is 0 Å². The minimum Gasteiger partial charge on any atom is -0.296 e. The number of thiazole rings is 1. The van der Waals surface area contributed by atoms with Crippen LogP contribution in [0.4, 0.5) is 0 Å². The van der Waals surface area contributed by atoms with Crippen molar-refractivity contribution in [2.24, 2.45) is 0 Å². The van der Waals surface area contributed by atoms with Gasteiger partial charge in [-0.25, -0.2) is 4.98 Å². The first-order valence-electron chi connectivity index (χ1n) is 5.69. The predicted molar refractivity (Wildman–Crippen MR) is 73.4 cm³/mol. The Kier molecular flexibility index (Phi) is 2.52. The van der Waals surface area contributed by atoms with Gasteiger partial charge in [-0.2, -0.15) is 0 Å². The van der Waals surface area contributed by atoms with Gasteiger partial charge in [0, 0.05) is 5.38 Å². The number of aromatic nitrogens is 2. The molecule has 1 aromatic carbocycles. The fourth-order valence-corrected chi connectivity index (χ4v) is 3.00. The van der Waals surface area contributed by atoms with Gasteiger partial charge in [0.25, 0.3) is 0 Å². The number of aryl methyl sites for hydroxylation is 2. The van der Waals surface area contributed by atoms with Gasteiger partial charge in [0.15, 0.2) is 11.2 Å². The zero-order chi connectivity index (χ0) is 12.7. The van der Waals surface area contributed by atoms with E-state index in [4.69, 9.17) is 0 Å². The normalized spacial score (nSPS) is 11.0. The second-order valence-corrected chi connectivity index (χ2v) is 5.14. The van der Waals surface area contributed by atoms with E-state index in [-0.39, 0.29) is 0 Å². The molecule has 0 aliphatic carbocycles. The number of carbonyl (C=O) groups excluding carboxylic acids is 1. The van der Waals surface area contributed by atoms with Gasteiger partial charge in [0.1, 0.15) is 5.69 Å². The first kappa shape index (κ1) is 11.2. The van der Waals surface area contributed by atoms with Crippen LogP contribution >= 0.6 is 11.3 Å². The Morgan fingerprint density at radius 3 is 2.61 bits per heavy atom. The molecule has 0 aliphatic rings. The number of benzene rings is 1. The zero-order valence-electron chi connectivity index (χ0n) is 10.2. The largest absolute Gasteiger partial charge is 0.296 e. The van der Waals surface area contributed by atoms with Crippen LogP contribution in [0.3, 0.4) is 0 Å². The number of carbonyl (C=O) groups is 1. The summed E-state index contributed by atoms with van der Waals surface area (Å²) in [5.74, 6) is 0. The van der Waals surface area contributed by atoms with Crippen LogP contribution in [-0.4, -0.2) is 15.7 Å². The maximum atomic E-state index is 11.2. The van der Waals surface area contributed by atoms with Gasteiger partial charge < -0.3 is 0 Å². The molecule has 90 valence electrons. The number of hydrogen-bond donors (Lipinski definition) is 0. The van der Waals surface area contributed by atoms with Crippen LogP contribution in [0.5, 0.6) is 0 Å². The Bertz CT molecular complexity index is 722. The topological polar surface area (TPSA) is 34.4 Å². The minimum absolute atomic E-state index is 0.641. The van der Waals surface area contributed by atoms with Crippen LogP contribution in [-0.2, 0) is 0 Å². The highest BCUT2D eigenvalue weighted by molar-refractivity contribution is 7.15. The van der Waals surface area contributed by atoms with Crippen molar-refractivity contribution < 1.29 is 4.79 Å². The molecule has 2 aromatic heterocycles. The molecule has 3 rings (SSSR count). The summed E-state index contributed by atoms with van der Waals surface area (Å²) in [6.45, 7) is 3.92. The fourth-order valence-electron chi connectivity index (χ4n) is 2.05. The molecule has 0 radical (unpaired) electrons. The van der Waals surface area contributed by atoms with Crippen molar-refractivity contribution in [3.63, 3.8) is 0 Å². The Morgan fingerprint density at radius 1 is 1.22 bits per heavy atom. The molecule has 3 nitrogen and oxygen atoms in total. The summed E-state index contributed by atoms with van der Waals surface area (Å²) in [5, 5.41) is 2.04. The quantitative estimate of drug-likeness (QED) is 0.658. The molecule has 0 atom stereocenters. The van der Waals surface area contributed by atoms with Gasteiger partial charge in [-0.15, -0.1) is 11.3 Å². The predicted octanol–water partition coefficient (Wildman–Crippen LogP) is 3.49. The van der Waals surface area contributed by atoms with Gasteiger partial charge in [-0.1, -0.05) is 29.8 Å². The minimum atomic E-state index is 0.641. The molecule has 0 fully saturated rings. The summed E-state index contributed by atoms with van der Waals surface area (Å²) in [4.78, 5) is 16.4. The number of hydrogen-bond acceptors (Lipinski definition) is 3. The summed E-state index contributed by atoms with van der Waals surface area (Å²) in [6, 6.07) is 8.29. The summed E-state index contributed by atoms with van der Waals surface area (Å²) < 4.78 is 1.93. The lowest BCUT2D eigenvalue weighted by Crippen LogP contribution is -1.93. The van der Waals surface area contributed by atoms with E-state index in [1.54, 1.807) is 11.3 Å². The second kappa shape index (κ2) is 4.07. The summed E-state index contributed by atoms with van der Waals surface area (Å²) >= 11 is 1.56. The van der Waals surface area contributed by atoms with Crippen molar-refractivity contribution in [3.05, 3.63) is 46.6 Å². The van der Waals surface area contributed by atoms with Crippen molar-refractivity contribution in [1.82, 2.24) is 9.38 Å². The van der Waals surface area contributed by atoms with Crippen LogP contribution in [0.1, 0.15) is 21.7 Å². The molecule has 3 aromatic rings. The Labute approximate surface area is 109 Å². The average molecular weight is 256 g/mol. The van der Waals surface area contributed by atoms with Crippen LogP contribution in [0.2, 0.25) is 0 Å². The van der Waals surface area contributed by atoms with Gasteiger partial charge in [-0.3, -0.25) is 9.20 Å². The van der Waals surface area contributed by atoms with Crippen molar-refractivity contribution >= 4 is 22.6 Å². The molecule has 0 bridgehead atoms. The molecule has 0 N–H and O–H groups in total. The fraction of sp³-hybridized carbons (Fsp3) is 0.143. The van der Waals surface area contributed by atoms with Crippen molar-refractivity contribution in [2.75, 3.05) is 0 Å². The van der Waals surface area contributed by atoms with Gasteiger partial charge >= 0.3 is 0 Å². The zero-order valence-corrected chi connectivity index (χ0v) is 11.0. The van der Waals surface area contributed by atoms with Crippen molar-refractivity contribution in [2.45, 2.75) is 13.8 Å². The standard InChI is InChI=1S/C14H12N2OS/c1-9-3-5-11(6-4-9)13-8-18-14-15-10(2)12(7-17)16(13)14/h3-8H,1-2H3. The maximum absolute atomic E-state index is 11.2. The van der Waals surface area contributed by atoms with Crippen LogP contribution in [0.15, 0.2) is 29.6 Å². The summed E-state index contributed by atoms with van der Waals surface area (Å²) in [6.07, 6.45) is 0.875. The SMILES string of the molecule is Cc1ccc(-c2csc3nc(C)c(C=O)n23)cc1. The Balaban J connectivity index is 2.29. The van der Waals surface area contributed by atoms with E-state index in [9.17, 15) is 4.79 Å². The molecule has 0 saturated carbocycles. The van der Waals surface area contributed by atoms with Crippen molar-refractivity contribution in [3.8, 4) is 11.3 Å². The number of aldehydes is 1. The molecular weight excluding hydrogens is 244 g/mol.